The van der Waals surface area contributed by atoms with Gasteiger partial charge in [0.05, 0.1) is 0 Å². The topological polar surface area (TPSA) is 82.2 Å². The summed E-state index contributed by atoms with van der Waals surface area (Å²) in [6, 6.07) is 5.61. The molecular formula is C12H11F3N2O3. The van der Waals surface area contributed by atoms with Gasteiger partial charge in [-0.05, 0) is 22.9 Å². The number of amides is 1. The SMILES string of the molecule is CNC(=O)c1ccc2c[nH]cc2c1.O=C(O)C(F)(F)F. The highest BCUT2D eigenvalue weighted by Gasteiger charge is 2.38. The molecule has 5 nitrogen and oxygen atoms in total. The second kappa shape index (κ2) is 6.09. The number of rotatable bonds is 1. The fourth-order valence-electron chi connectivity index (χ4n) is 1.34. The lowest BCUT2D eigenvalue weighted by Gasteiger charge is -1.98. The Bertz CT molecular complexity index is 620. The highest BCUT2D eigenvalue weighted by atomic mass is 19.4. The molecular weight excluding hydrogens is 277 g/mol. The fraction of sp³-hybridized carbons (Fsp3) is 0.167. The van der Waals surface area contributed by atoms with Crippen LogP contribution in [0.2, 0.25) is 0 Å². The van der Waals surface area contributed by atoms with E-state index in [1.165, 1.54) is 0 Å². The van der Waals surface area contributed by atoms with Crippen molar-refractivity contribution in [1.82, 2.24) is 10.3 Å². The number of halogens is 3. The van der Waals surface area contributed by atoms with Gasteiger partial charge in [0, 0.05) is 25.0 Å². The first kappa shape index (κ1) is 15.5. The zero-order valence-corrected chi connectivity index (χ0v) is 10.3. The minimum absolute atomic E-state index is 0.0527. The largest absolute Gasteiger partial charge is 0.490 e. The highest BCUT2D eigenvalue weighted by molar-refractivity contribution is 5.98. The molecule has 1 aromatic heterocycles. The van der Waals surface area contributed by atoms with Crippen LogP contribution in [-0.4, -0.2) is 35.2 Å². The molecule has 2 rings (SSSR count). The van der Waals surface area contributed by atoms with E-state index in [1.807, 2.05) is 30.6 Å². The van der Waals surface area contributed by atoms with E-state index in [4.69, 9.17) is 9.90 Å². The number of H-pyrrole nitrogens is 1. The number of carboxylic acids is 1. The van der Waals surface area contributed by atoms with E-state index in [2.05, 4.69) is 10.3 Å². The molecule has 0 bridgehead atoms. The number of carbonyl (C=O) groups is 2. The van der Waals surface area contributed by atoms with Crippen LogP contribution in [0.5, 0.6) is 0 Å². The van der Waals surface area contributed by atoms with Gasteiger partial charge in [0.2, 0.25) is 0 Å². The number of aliphatic carboxylic acids is 1. The number of fused-ring (bicyclic) bond motifs is 1. The summed E-state index contributed by atoms with van der Waals surface area (Å²) in [5.41, 5.74) is 0.689. The van der Waals surface area contributed by atoms with Crippen molar-refractivity contribution in [2.75, 3.05) is 7.05 Å². The Morgan fingerprint density at radius 2 is 1.75 bits per heavy atom. The number of alkyl halides is 3. The average molecular weight is 288 g/mol. The lowest BCUT2D eigenvalue weighted by molar-refractivity contribution is -0.192. The van der Waals surface area contributed by atoms with Crippen LogP contribution in [0.15, 0.2) is 30.6 Å². The summed E-state index contributed by atoms with van der Waals surface area (Å²) in [4.78, 5) is 23.1. The van der Waals surface area contributed by atoms with Crippen molar-refractivity contribution in [3.05, 3.63) is 36.2 Å². The van der Waals surface area contributed by atoms with Crippen LogP contribution in [0.1, 0.15) is 10.4 Å². The van der Waals surface area contributed by atoms with Crippen LogP contribution in [0.25, 0.3) is 10.8 Å². The molecule has 0 radical (unpaired) electrons. The molecule has 0 saturated heterocycles. The molecule has 1 amide bonds. The maximum Gasteiger partial charge on any atom is 0.490 e. The normalized spacial score (nSPS) is 10.6. The van der Waals surface area contributed by atoms with Gasteiger partial charge in [0.15, 0.2) is 0 Å². The second-order valence-corrected chi connectivity index (χ2v) is 3.68. The second-order valence-electron chi connectivity index (χ2n) is 3.68. The summed E-state index contributed by atoms with van der Waals surface area (Å²) in [5, 5.41) is 11.9. The van der Waals surface area contributed by atoms with Gasteiger partial charge in [0.1, 0.15) is 0 Å². The summed E-state index contributed by atoms with van der Waals surface area (Å²) >= 11 is 0. The van der Waals surface area contributed by atoms with Gasteiger partial charge in [-0.25, -0.2) is 4.79 Å². The lowest BCUT2D eigenvalue weighted by atomic mass is 10.1. The van der Waals surface area contributed by atoms with Gasteiger partial charge in [-0.1, -0.05) is 6.07 Å². The molecule has 0 spiro atoms. The smallest absolute Gasteiger partial charge is 0.475 e. The third-order valence-electron chi connectivity index (χ3n) is 2.30. The van der Waals surface area contributed by atoms with Crippen molar-refractivity contribution >= 4 is 22.6 Å². The molecule has 8 heteroatoms. The third-order valence-corrected chi connectivity index (χ3v) is 2.30. The van der Waals surface area contributed by atoms with E-state index < -0.39 is 12.1 Å². The first-order valence-electron chi connectivity index (χ1n) is 5.34. The lowest BCUT2D eigenvalue weighted by Crippen LogP contribution is -2.21. The summed E-state index contributed by atoms with van der Waals surface area (Å²) in [6.45, 7) is 0. The molecule has 0 aliphatic heterocycles. The van der Waals surface area contributed by atoms with Gasteiger partial charge in [-0.2, -0.15) is 13.2 Å². The zero-order chi connectivity index (χ0) is 15.3. The Labute approximate surface area is 111 Å². The molecule has 1 aromatic carbocycles. The fourth-order valence-corrected chi connectivity index (χ4v) is 1.34. The number of carboxylic acid groups (broad SMARTS) is 1. The van der Waals surface area contributed by atoms with Crippen molar-refractivity contribution in [1.29, 1.82) is 0 Å². The van der Waals surface area contributed by atoms with E-state index in [0.717, 1.165) is 10.8 Å². The average Bonchev–Trinajstić information content (AvgIpc) is 2.84. The quantitative estimate of drug-likeness (QED) is 0.752. The number of benzene rings is 1. The van der Waals surface area contributed by atoms with Gasteiger partial charge in [-0.15, -0.1) is 0 Å². The van der Waals surface area contributed by atoms with Gasteiger partial charge >= 0.3 is 12.1 Å². The summed E-state index contributed by atoms with van der Waals surface area (Å²) in [7, 11) is 1.63. The van der Waals surface area contributed by atoms with E-state index in [9.17, 15) is 18.0 Å². The molecule has 0 unspecified atom stereocenters. The predicted molar refractivity (Wildman–Crippen MR) is 65.4 cm³/mol. The molecule has 20 heavy (non-hydrogen) atoms. The van der Waals surface area contributed by atoms with Gasteiger partial charge in [-0.3, -0.25) is 4.79 Å². The van der Waals surface area contributed by atoms with E-state index in [0.29, 0.717) is 5.56 Å². The molecule has 3 N–H and O–H groups in total. The standard InChI is InChI=1S/C10H10N2O.C2HF3O2/c1-11-10(13)7-2-3-8-5-12-6-9(8)4-7;3-2(4,5)1(6)7/h2-6,12H,1H3,(H,11,13);(H,6,7). The number of nitrogens with one attached hydrogen (secondary N) is 2. The van der Waals surface area contributed by atoms with E-state index in [-0.39, 0.29) is 5.91 Å². The molecule has 0 saturated carbocycles. The number of hydrogen-bond donors (Lipinski definition) is 3. The number of aromatic amines is 1. The zero-order valence-electron chi connectivity index (χ0n) is 10.3. The molecule has 2 aromatic rings. The molecule has 1 heterocycles. The van der Waals surface area contributed by atoms with E-state index in [1.54, 1.807) is 7.05 Å². The van der Waals surface area contributed by atoms with Crippen LogP contribution in [-0.2, 0) is 4.79 Å². The highest BCUT2D eigenvalue weighted by Crippen LogP contribution is 2.15. The first-order chi connectivity index (χ1) is 9.25. The predicted octanol–water partition coefficient (Wildman–Crippen LogP) is 2.16. The maximum atomic E-state index is 11.3. The third kappa shape index (κ3) is 4.01. The summed E-state index contributed by atoms with van der Waals surface area (Å²) in [6.07, 6.45) is -1.30. The Morgan fingerprint density at radius 3 is 2.25 bits per heavy atom. The van der Waals surface area contributed by atoms with Crippen molar-refractivity contribution in [3.63, 3.8) is 0 Å². The van der Waals surface area contributed by atoms with Crippen molar-refractivity contribution in [2.45, 2.75) is 6.18 Å². The molecule has 0 atom stereocenters. The van der Waals surface area contributed by atoms with Crippen LogP contribution in [0, 0.1) is 0 Å². The summed E-state index contributed by atoms with van der Waals surface area (Å²) < 4.78 is 31.7. The van der Waals surface area contributed by atoms with Crippen molar-refractivity contribution in [3.8, 4) is 0 Å². The monoisotopic (exact) mass is 288 g/mol. The number of carbonyl (C=O) groups excluding carboxylic acids is 1. The summed E-state index contributed by atoms with van der Waals surface area (Å²) in [5.74, 6) is -2.81. The van der Waals surface area contributed by atoms with Crippen LogP contribution >= 0.6 is 0 Å². The molecule has 0 fully saturated rings. The van der Waals surface area contributed by atoms with Crippen LogP contribution < -0.4 is 5.32 Å². The van der Waals surface area contributed by atoms with Crippen LogP contribution in [0.4, 0.5) is 13.2 Å². The Morgan fingerprint density at radius 1 is 1.20 bits per heavy atom. The Hall–Kier alpha value is -2.51. The Kier molecular flexibility index (Phi) is 4.73. The number of hydrogen-bond acceptors (Lipinski definition) is 2. The molecule has 0 aliphatic carbocycles. The number of aromatic nitrogens is 1. The van der Waals surface area contributed by atoms with E-state index >= 15 is 0 Å². The maximum absolute atomic E-state index is 11.3. The first-order valence-corrected chi connectivity index (χ1v) is 5.34. The Balaban J connectivity index is 0.000000246. The van der Waals surface area contributed by atoms with Gasteiger partial charge < -0.3 is 15.4 Å². The van der Waals surface area contributed by atoms with Crippen molar-refractivity contribution < 1.29 is 27.9 Å². The molecule has 108 valence electrons. The minimum Gasteiger partial charge on any atom is -0.475 e. The van der Waals surface area contributed by atoms with Crippen molar-refractivity contribution in [2.24, 2.45) is 0 Å². The minimum atomic E-state index is -5.08. The van der Waals surface area contributed by atoms with Crippen LogP contribution in [0.3, 0.4) is 0 Å². The van der Waals surface area contributed by atoms with Gasteiger partial charge in [0.25, 0.3) is 5.91 Å². The molecule has 0 aliphatic rings.